The Hall–Kier alpha value is -1.38. The summed E-state index contributed by atoms with van der Waals surface area (Å²) in [6, 6.07) is 2.13. The third kappa shape index (κ3) is 1.41. The van der Waals surface area contributed by atoms with Crippen molar-refractivity contribution in [3.05, 3.63) is 24.0 Å². The standard InChI is InChI=1S/C10H13N3/c1-10(2,3)8-4-7-5-12-13-9(7)11-6-8/h4-6H,1-3H3,(H,11,12,13). The summed E-state index contributed by atoms with van der Waals surface area (Å²) in [6.45, 7) is 6.53. The van der Waals surface area contributed by atoms with E-state index in [4.69, 9.17) is 0 Å². The van der Waals surface area contributed by atoms with Crippen molar-refractivity contribution in [2.75, 3.05) is 0 Å². The van der Waals surface area contributed by atoms with Gasteiger partial charge in [-0.05, 0) is 17.0 Å². The Kier molecular flexibility index (Phi) is 1.62. The normalized spacial score (nSPS) is 12.2. The van der Waals surface area contributed by atoms with Gasteiger partial charge in [-0.1, -0.05) is 20.8 Å². The molecule has 1 N–H and O–H groups in total. The summed E-state index contributed by atoms with van der Waals surface area (Å²) in [5.74, 6) is 0. The monoisotopic (exact) mass is 175 g/mol. The molecule has 0 unspecified atom stereocenters. The van der Waals surface area contributed by atoms with Crippen molar-refractivity contribution in [1.82, 2.24) is 15.2 Å². The fourth-order valence-corrected chi connectivity index (χ4v) is 1.25. The molecular weight excluding hydrogens is 162 g/mol. The van der Waals surface area contributed by atoms with E-state index < -0.39 is 0 Å². The molecule has 0 saturated carbocycles. The fraction of sp³-hybridized carbons (Fsp3) is 0.400. The zero-order valence-corrected chi connectivity index (χ0v) is 8.13. The number of nitrogens with zero attached hydrogens (tertiary/aromatic N) is 2. The molecule has 3 heteroatoms. The predicted octanol–water partition coefficient (Wildman–Crippen LogP) is 2.26. The minimum Gasteiger partial charge on any atom is -0.261 e. The highest BCUT2D eigenvalue weighted by Gasteiger charge is 2.14. The number of rotatable bonds is 0. The van der Waals surface area contributed by atoms with E-state index in [1.807, 2.05) is 6.20 Å². The van der Waals surface area contributed by atoms with Crippen LogP contribution in [0.1, 0.15) is 26.3 Å². The van der Waals surface area contributed by atoms with Gasteiger partial charge in [0.25, 0.3) is 0 Å². The molecule has 13 heavy (non-hydrogen) atoms. The van der Waals surface area contributed by atoms with Crippen LogP contribution in [0.25, 0.3) is 11.0 Å². The number of hydrogen-bond donors (Lipinski definition) is 1. The summed E-state index contributed by atoms with van der Waals surface area (Å²) in [5, 5.41) is 7.85. The third-order valence-electron chi connectivity index (χ3n) is 2.16. The second kappa shape index (κ2) is 2.55. The largest absolute Gasteiger partial charge is 0.261 e. The Bertz CT molecular complexity index is 423. The average molecular weight is 175 g/mol. The van der Waals surface area contributed by atoms with Gasteiger partial charge >= 0.3 is 0 Å². The molecule has 0 atom stereocenters. The van der Waals surface area contributed by atoms with Gasteiger partial charge in [0, 0.05) is 11.6 Å². The predicted molar refractivity (Wildman–Crippen MR) is 52.6 cm³/mol. The first-order chi connectivity index (χ1) is 6.07. The highest BCUT2D eigenvalue weighted by atomic mass is 15.1. The minimum atomic E-state index is 0.151. The maximum atomic E-state index is 4.29. The van der Waals surface area contributed by atoms with Gasteiger partial charge < -0.3 is 0 Å². The molecule has 0 aliphatic rings. The van der Waals surface area contributed by atoms with Crippen molar-refractivity contribution in [3.8, 4) is 0 Å². The number of H-pyrrole nitrogens is 1. The Morgan fingerprint density at radius 2 is 2.00 bits per heavy atom. The second-order valence-corrected chi connectivity index (χ2v) is 4.28. The summed E-state index contributed by atoms with van der Waals surface area (Å²) in [6.07, 6.45) is 3.71. The molecule has 0 radical (unpaired) electrons. The van der Waals surface area contributed by atoms with Crippen LogP contribution >= 0.6 is 0 Å². The molecule has 0 aliphatic heterocycles. The fourth-order valence-electron chi connectivity index (χ4n) is 1.25. The highest BCUT2D eigenvalue weighted by molar-refractivity contribution is 5.74. The maximum Gasteiger partial charge on any atom is 0.155 e. The molecule has 2 heterocycles. The maximum absolute atomic E-state index is 4.29. The Balaban J connectivity index is 2.61. The van der Waals surface area contributed by atoms with Crippen molar-refractivity contribution >= 4 is 11.0 Å². The first-order valence-electron chi connectivity index (χ1n) is 4.37. The number of fused-ring (bicyclic) bond motifs is 1. The minimum absolute atomic E-state index is 0.151. The molecule has 0 aromatic carbocycles. The molecule has 68 valence electrons. The van der Waals surface area contributed by atoms with Crippen molar-refractivity contribution in [3.63, 3.8) is 0 Å². The van der Waals surface area contributed by atoms with Crippen LogP contribution < -0.4 is 0 Å². The molecule has 0 amide bonds. The van der Waals surface area contributed by atoms with E-state index >= 15 is 0 Å². The van der Waals surface area contributed by atoms with Gasteiger partial charge in [-0.25, -0.2) is 4.98 Å². The van der Waals surface area contributed by atoms with E-state index in [0.29, 0.717) is 0 Å². The van der Waals surface area contributed by atoms with Gasteiger partial charge in [-0.2, -0.15) is 5.10 Å². The molecule has 2 aromatic rings. The zero-order chi connectivity index (χ0) is 9.47. The third-order valence-corrected chi connectivity index (χ3v) is 2.16. The number of aromatic amines is 1. The summed E-state index contributed by atoms with van der Waals surface area (Å²) >= 11 is 0. The number of hydrogen-bond acceptors (Lipinski definition) is 2. The topological polar surface area (TPSA) is 41.6 Å². The van der Waals surface area contributed by atoms with Gasteiger partial charge in [-0.15, -0.1) is 0 Å². The summed E-state index contributed by atoms with van der Waals surface area (Å²) in [7, 11) is 0. The van der Waals surface area contributed by atoms with Gasteiger partial charge in [0.2, 0.25) is 0 Å². The Morgan fingerprint density at radius 3 is 2.69 bits per heavy atom. The molecule has 0 spiro atoms. The average Bonchev–Trinajstić information content (AvgIpc) is 2.47. The first-order valence-corrected chi connectivity index (χ1v) is 4.37. The molecule has 0 aliphatic carbocycles. The van der Waals surface area contributed by atoms with E-state index in [2.05, 4.69) is 42.0 Å². The smallest absolute Gasteiger partial charge is 0.155 e. The number of nitrogens with one attached hydrogen (secondary N) is 1. The van der Waals surface area contributed by atoms with Crippen LogP contribution in [0.2, 0.25) is 0 Å². The lowest BCUT2D eigenvalue weighted by molar-refractivity contribution is 0.588. The van der Waals surface area contributed by atoms with E-state index in [1.165, 1.54) is 5.56 Å². The van der Waals surface area contributed by atoms with Crippen LogP contribution in [-0.2, 0) is 5.41 Å². The quantitative estimate of drug-likeness (QED) is 0.667. The molecule has 2 rings (SSSR count). The second-order valence-electron chi connectivity index (χ2n) is 4.28. The molecule has 0 saturated heterocycles. The van der Waals surface area contributed by atoms with Crippen molar-refractivity contribution in [2.24, 2.45) is 0 Å². The zero-order valence-electron chi connectivity index (χ0n) is 8.13. The van der Waals surface area contributed by atoms with E-state index in [1.54, 1.807) is 6.20 Å². The van der Waals surface area contributed by atoms with Crippen LogP contribution in [-0.4, -0.2) is 15.2 Å². The lowest BCUT2D eigenvalue weighted by Gasteiger charge is -2.17. The summed E-state index contributed by atoms with van der Waals surface area (Å²) in [4.78, 5) is 4.29. The molecular formula is C10H13N3. The van der Waals surface area contributed by atoms with Gasteiger partial charge in [-0.3, -0.25) is 5.10 Å². The van der Waals surface area contributed by atoms with E-state index in [9.17, 15) is 0 Å². The number of pyridine rings is 1. The first kappa shape index (κ1) is 8.23. The van der Waals surface area contributed by atoms with Crippen molar-refractivity contribution in [2.45, 2.75) is 26.2 Å². The van der Waals surface area contributed by atoms with Crippen LogP contribution in [0, 0.1) is 0 Å². The Labute approximate surface area is 77.2 Å². The van der Waals surface area contributed by atoms with Crippen LogP contribution in [0.4, 0.5) is 0 Å². The van der Waals surface area contributed by atoms with Gasteiger partial charge in [0.05, 0.1) is 6.20 Å². The van der Waals surface area contributed by atoms with Crippen LogP contribution in [0.5, 0.6) is 0 Å². The van der Waals surface area contributed by atoms with Gasteiger partial charge in [0.1, 0.15) is 0 Å². The SMILES string of the molecule is CC(C)(C)c1cnc2[nH]ncc2c1. The molecule has 0 fully saturated rings. The van der Waals surface area contributed by atoms with Crippen molar-refractivity contribution < 1.29 is 0 Å². The Morgan fingerprint density at radius 1 is 1.23 bits per heavy atom. The van der Waals surface area contributed by atoms with Crippen molar-refractivity contribution in [1.29, 1.82) is 0 Å². The van der Waals surface area contributed by atoms with Gasteiger partial charge in [0.15, 0.2) is 5.65 Å². The van der Waals surface area contributed by atoms with Crippen LogP contribution in [0.15, 0.2) is 18.5 Å². The van der Waals surface area contributed by atoms with E-state index in [-0.39, 0.29) is 5.41 Å². The molecule has 0 bridgehead atoms. The number of aromatic nitrogens is 3. The molecule has 2 aromatic heterocycles. The summed E-state index contributed by atoms with van der Waals surface area (Å²) < 4.78 is 0. The lowest BCUT2D eigenvalue weighted by atomic mass is 9.88. The summed E-state index contributed by atoms with van der Waals surface area (Å²) in [5.41, 5.74) is 2.24. The van der Waals surface area contributed by atoms with Crippen LogP contribution in [0.3, 0.4) is 0 Å². The lowest BCUT2D eigenvalue weighted by Crippen LogP contribution is -2.11. The molecule has 3 nitrogen and oxygen atoms in total. The highest BCUT2D eigenvalue weighted by Crippen LogP contribution is 2.23. The van der Waals surface area contributed by atoms with E-state index in [0.717, 1.165) is 11.0 Å².